The first kappa shape index (κ1) is 21.9. The van der Waals surface area contributed by atoms with Gasteiger partial charge in [-0.05, 0) is 18.2 Å². The lowest BCUT2D eigenvalue weighted by Gasteiger charge is -2.06. The maximum absolute atomic E-state index is 12.9. The van der Waals surface area contributed by atoms with Crippen LogP contribution in [0.3, 0.4) is 0 Å². The Hall–Kier alpha value is -2.79. The Bertz CT molecular complexity index is 1270. The average Bonchev–Trinajstić information content (AvgIpc) is 3.32. The van der Waals surface area contributed by atoms with E-state index in [0.29, 0.717) is 20.5 Å². The van der Waals surface area contributed by atoms with Gasteiger partial charge in [0.1, 0.15) is 5.01 Å². The zero-order valence-corrected chi connectivity index (χ0v) is 17.5. The lowest BCUT2D eigenvalue weighted by atomic mass is 10.2. The van der Waals surface area contributed by atoms with Crippen LogP contribution in [-0.2, 0) is 23.9 Å². The number of rotatable bonds is 4. The minimum atomic E-state index is -4.47. The fourth-order valence-electron chi connectivity index (χ4n) is 2.80. The Morgan fingerprint density at radius 1 is 1.20 bits per heavy atom. The number of carboxylic acid groups (broad SMARTS) is 1. The van der Waals surface area contributed by atoms with E-state index in [0.717, 1.165) is 28.2 Å². The molecule has 0 fully saturated rings. The summed E-state index contributed by atoms with van der Waals surface area (Å²) in [5, 5.41) is 17.8. The van der Waals surface area contributed by atoms with Crippen LogP contribution >= 0.6 is 22.7 Å². The molecule has 0 amide bonds. The molecular weight excluding hydrogens is 439 g/mol. The maximum Gasteiger partial charge on any atom is 0.416 e. The van der Waals surface area contributed by atoms with E-state index in [1.165, 1.54) is 17.4 Å². The monoisotopic (exact) mass is 455 g/mol. The molecule has 0 bridgehead atoms. The highest BCUT2D eigenvalue weighted by Gasteiger charge is 2.30. The fourth-order valence-corrected chi connectivity index (χ4v) is 4.56. The summed E-state index contributed by atoms with van der Waals surface area (Å²) in [7, 11) is 0. The minimum Gasteiger partial charge on any atom is -0.481 e. The van der Waals surface area contributed by atoms with Crippen molar-refractivity contribution in [3.05, 3.63) is 55.6 Å². The molecule has 0 radical (unpaired) electrons. The predicted octanol–water partition coefficient (Wildman–Crippen LogP) is 4.79. The summed E-state index contributed by atoms with van der Waals surface area (Å²) in [4.78, 5) is 27.9. The quantitative estimate of drug-likeness (QED) is 0.478. The molecule has 0 aliphatic heterocycles. The summed E-state index contributed by atoms with van der Waals surface area (Å²) < 4.78 is 40.2. The zero-order valence-electron chi connectivity index (χ0n) is 15.9. The van der Waals surface area contributed by atoms with Crippen LogP contribution in [0.25, 0.3) is 21.0 Å². The summed E-state index contributed by atoms with van der Waals surface area (Å²) >= 11 is 2.42. The first-order chi connectivity index (χ1) is 14.2. The molecule has 0 spiro atoms. The van der Waals surface area contributed by atoms with Gasteiger partial charge in [-0.15, -0.1) is 11.3 Å². The van der Waals surface area contributed by atoms with Gasteiger partial charge in [0.2, 0.25) is 0 Å². The van der Waals surface area contributed by atoms with Crippen LogP contribution < -0.4 is 5.56 Å². The van der Waals surface area contributed by atoms with Gasteiger partial charge in [0.25, 0.3) is 5.56 Å². The minimum absolute atomic E-state index is 0.0576. The lowest BCUT2D eigenvalue weighted by molar-refractivity contribution is -0.138. The molecule has 158 valence electrons. The van der Waals surface area contributed by atoms with Gasteiger partial charge in [0.05, 0.1) is 39.8 Å². The number of carbonyl (C=O) groups is 1. The first-order valence-electron chi connectivity index (χ1n) is 8.87. The molecule has 3 aromatic heterocycles. The molecule has 4 rings (SSSR count). The van der Waals surface area contributed by atoms with Crippen molar-refractivity contribution in [1.29, 1.82) is 0 Å². The number of aliphatic carboxylic acids is 1. The van der Waals surface area contributed by atoms with Gasteiger partial charge < -0.3 is 5.11 Å². The van der Waals surface area contributed by atoms with Crippen LogP contribution in [0.1, 0.15) is 30.1 Å². The van der Waals surface area contributed by atoms with E-state index >= 15 is 0 Å². The number of hydrogen-bond donors (Lipinski definition) is 1. The number of hydrogen-bond acceptors (Lipinski definition) is 6. The molecule has 0 saturated heterocycles. The molecule has 0 atom stereocenters. The number of thiazole rings is 1. The molecule has 11 heteroatoms. The Labute approximate surface area is 176 Å². The summed E-state index contributed by atoms with van der Waals surface area (Å²) in [5.41, 5.74) is -0.759. The predicted molar refractivity (Wildman–Crippen MR) is 110 cm³/mol. The van der Waals surface area contributed by atoms with Gasteiger partial charge in [-0.2, -0.15) is 29.6 Å². The van der Waals surface area contributed by atoms with Gasteiger partial charge in [-0.25, -0.2) is 9.67 Å². The van der Waals surface area contributed by atoms with E-state index in [2.05, 4.69) is 10.1 Å². The Morgan fingerprint density at radius 3 is 2.57 bits per heavy atom. The molecule has 30 heavy (non-hydrogen) atoms. The number of carboxylic acids is 1. The van der Waals surface area contributed by atoms with Gasteiger partial charge in [-0.3, -0.25) is 9.59 Å². The number of thiophene rings is 1. The second-order valence-corrected chi connectivity index (χ2v) is 7.83. The van der Waals surface area contributed by atoms with Gasteiger partial charge in [0, 0.05) is 16.1 Å². The Balaban J connectivity index is 0.00000124. The third kappa shape index (κ3) is 4.36. The van der Waals surface area contributed by atoms with Crippen LogP contribution in [-0.4, -0.2) is 25.8 Å². The Morgan fingerprint density at radius 2 is 1.90 bits per heavy atom. The van der Waals surface area contributed by atoms with Crippen molar-refractivity contribution >= 4 is 49.6 Å². The van der Waals surface area contributed by atoms with Crippen molar-refractivity contribution in [2.75, 3.05) is 0 Å². The summed E-state index contributed by atoms with van der Waals surface area (Å²) in [5.74, 6) is -1.08. The standard InChI is InChI=1S/C17H10F3N3O3S2.C2H6/c18-17(19,20)8-1-2-13-12(3-8)21-14(28-13)5-23-16(26)10-7-27-6-9(10)11(22-23)4-15(24)25;1-2/h1-3,6-7H,4-5H2,(H,24,25);1-2H3. The van der Waals surface area contributed by atoms with Crippen molar-refractivity contribution in [3.63, 3.8) is 0 Å². The molecule has 0 aliphatic rings. The Kier molecular flexibility index (Phi) is 6.22. The van der Waals surface area contributed by atoms with Gasteiger partial charge in [0.15, 0.2) is 0 Å². The number of aromatic nitrogens is 3. The number of halogens is 3. The fraction of sp³-hybridized carbons (Fsp3) is 0.263. The normalized spacial score (nSPS) is 11.5. The van der Waals surface area contributed by atoms with E-state index in [9.17, 15) is 22.8 Å². The van der Waals surface area contributed by atoms with Gasteiger partial charge in [-0.1, -0.05) is 13.8 Å². The molecule has 0 unspecified atom stereocenters. The average molecular weight is 455 g/mol. The van der Waals surface area contributed by atoms with Crippen LogP contribution in [0, 0.1) is 0 Å². The van der Waals surface area contributed by atoms with E-state index in [4.69, 9.17) is 5.11 Å². The summed E-state index contributed by atoms with van der Waals surface area (Å²) in [6.45, 7) is 3.94. The smallest absolute Gasteiger partial charge is 0.416 e. The first-order valence-corrected chi connectivity index (χ1v) is 10.6. The van der Waals surface area contributed by atoms with Crippen molar-refractivity contribution < 1.29 is 23.1 Å². The second-order valence-electron chi connectivity index (χ2n) is 5.97. The van der Waals surface area contributed by atoms with Crippen LogP contribution in [0.15, 0.2) is 33.8 Å². The molecule has 0 saturated carbocycles. The van der Waals surface area contributed by atoms with E-state index in [-0.39, 0.29) is 24.2 Å². The molecular formula is C19H16F3N3O3S2. The van der Waals surface area contributed by atoms with E-state index in [1.54, 1.807) is 10.8 Å². The molecule has 1 N–H and O–H groups in total. The maximum atomic E-state index is 12.9. The van der Waals surface area contributed by atoms with Crippen molar-refractivity contribution in [2.45, 2.75) is 33.0 Å². The van der Waals surface area contributed by atoms with Crippen LogP contribution in [0.4, 0.5) is 13.2 Å². The second kappa shape index (κ2) is 8.52. The van der Waals surface area contributed by atoms with Crippen molar-refractivity contribution in [2.24, 2.45) is 0 Å². The molecule has 6 nitrogen and oxygen atoms in total. The highest BCUT2D eigenvalue weighted by molar-refractivity contribution is 7.18. The topological polar surface area (TPSA) is 85.1 Å². The third-order valence-corrected chi connectivity index (χ3v) is 5.81. The summed E-state index contributed by atoms with van der Waals surface area (Å²) in [6.07, 6.45) is -4.81. The largest absolute Gasteiger partial charge is 0.481 e. The van der Waals surface area contributed by atoms with E-state index < -0.39 is 23.3 Å². The third-order valence-electron chi connectivity index (χ3n) is 4.04. The molecule has 4 aromatic rings. The SMILES string of the molecule is CC.O=C(O)Cc1nn(Cc2nc3cc(C(F)(F)F)ccc3s2)c(=O)c2cscc12. The zero-order chi connectivity index (χ0) is 22.1. The number of benzene rings is 1. The highest BCUT2D eigenvalue weighted by Crippen LogP contribution is 2.33. The highest BCUT2D eigenvalue weighted by atomic mass is 32.1. The lowest BCUT2D eigenvalue weighted by Crippen LogP contribution is -2.25. The van der Waals surface area contributed by atoms with Crippen LogP contribution in [0.2, 0.25) is 0 Å². The number of alkyl halides is 3. The van der Waals surface area contributed by atoms with Gasteiger partial charge >= 0.3 is 12.1 Å². The molecule has 0 aliphatic carbocycles. The number of fused-ring (bicyclic) bond motifs is 2. The van der Waals surface area contributed by atoms with Crippen molar-refractivity contribution in [3.8, 4) is 0 Å². The van der Waals surface area contributed by atoms with E-state index in [1.807, 2.05) is 13.8 Å². The molecule has 3 heterocycles. The number of nitrogens with zero attached hydrogens (tertiary/aromatic N) is 3. The van der Waals surface area contributed by atoms with Crippen molar-refractivity contribution in [1.82, 2.24) is 14.8 Å². The molecule has 1 aromatic carbocycles. The van der Waals surface area contributed by atoms with Crippen LogP contribution in [0.5, 0.6) is 0 Å². The summed E-state index contributed by atoms with van der Waals surface area (Å²) in [6, 6.07) is 3.29.